The van der Waals surface area contributed by atoms with Crippen molar-refractivity contribution in [1.82, 2.24) is 10.6 Å². The Labute approximate surface area is 122 Å². The van der Waals surface area contributed by atoms with Crippen LogP contribution in [-0.2, 0) is 4.79 Å². The van der Waals surface area contributed by atoms with Gasteiger partial charge in [0.1, 0.15) is 0 Å². The molecule has 0 aliphatic carbocycles. The molecule has 0 fully saturated rings. The predicted octanol–water partition coefficient (Wildman–Crippen LogP) is 2.98. The second kappa shape index (κ2) is 8.94. The van der Waals surface area contributed by atoms with Crippen LogP contribution < -0.4 is 10.6 Å². The minimum atomic E-state index is -0.142. The maximum atomic E-state index is 12.0. The summed E-state index contributed by atoms with van der Waals surface area (Å²) >= 11 is 0. The molecule has 4 heteroatoms. The molecule has 0 saturated heterocycles. The summed E-state index contributed by atoms with van der Waals surface area (Å²) in [5.41, 5.74) is 2.38. The van der Waals surface area contributed by atoms with Crippen LogP contribution in [0.2, 0.25) is 0 Å². The summed E-state index contributed by atoms with van der Waals surface area (Å²) in [6.07, 6.45) is 1.03. The minimum absolute atomic E-state index is 0. The zero-order valence-electron chi connectivity index (χ0n) is 12.2. The van der Waals surface area contributed by atoms with E-state index < -0.39 is 0 Å². The van der Waals surface area contributed by atoms with Crippen molar-refractivity contribution in [3.8, 4) is 0 Å². The number of carbonyl (C=O) groups is 1. The van der Waals surface area contributed by atoms with E-state index in [9.17, 15) is 4.79 Å². The summed E-state index contributed by atoms with van der Waals surface area (Å²) in [4.78, 5) is 12.0. The van der Waals surface area contributed by atoms with Gasteiger partial charge < -0.3 is 10.6 Å². The molecule has 2 atom stereocenters. The number of nitrogens with one attached hydrogen (secondary N) is 2. The maximum Gasteiger partial charge on any atom is 0.237 e. The number of hydrogen-bond acceptors (Lipinski definition) is 2. The Morgan fingerprint density at radius 2 is 1.89 bits per heavy atom. The number of amides is 1. The van der Waals surface area contributed by atoms with Crippen LogP contribution in [-0.4, -0.2) is 18.5 Å². The summed E-state index contributed by atoms with van der Waals surface area (Å²) in [5.74, 6) is 0.0548. The van der Waals surface area contributed by atoms with Crippen molar-refractivity contribution in [3.63, 3.8) is 0 Å². The van der Waals surface area contributed by atoms with Gasteiger partial charge in [-0.25, -0.2) is 0 Å². The topological polar surface area (TPSA) is 41.1 Å². The fraction of sp³-hybridized carbons (Fsp3) is 0.533. The standard InChI is InChI=1S/C15H24N2O.ClH/c1-5-10-16-13(4)15(18)17-12(3)14-9-7-6-8-11(14)2;/h6-9,12-13,16H,5,10H2,1-4H3,(H,17,18);1H. The van der Waals surface area contributed by atoms with Crippen LogP contribution in [0.5, 0.6) is 0 Å². The summed E-state index contributed by atoms with van der Waals surface area (Å²) in [7, 11) is 0. The molecule has 0 aliphatic heterocycles. The SMILES string of the molecule is CCCNC(C)C(=O)NC(C)c1ccccc1C.Cl. The van der Waals surface area contributed by atoms with E-state index in [2.05, 4.69) is 36.6 Å². The molecule has 0 radical (unpaired) electrons. The van der Waals surface area contributed by atoms with Crippen molar-refractivity contribution >= 4 is 18.3 Å². The van der Waals surface area contributed by atoms with Gasteiger partial charge in [-0.1, -0.05) is 31.2 Å². The number of rotatable bonds is 6. The molecule has 19 heavy (non-hydrogen) atoms. The molecule has 1 aromatic carbocycles. The Morgan fingerprint density at radius 3 is 2.47 bits per heavy atom. The lowest BCUT2D eigenvalue weighted by Crippen LogP contribution is -2.43. The molecular formula is C15H25ClN2O. The van der Waals surface area contributed by atoms with Crippen LogP contribution in [0.4, 0.5) is 0 Å². The van der Waals surface area contributed by atoms with Gasteiger partial charge in [0.2, 0.25) is 5.91 Å². The fourth-order valence-corrected chi connectivity index (χ4v) is 1.94. The lowest BCUT2D eigenvalue weighted by molar-refractivity contribution is -0.123. The van der Waals surface area contributed by atoms with Crippen molar-refractivity contribution in [1.29, 1.82) is 0 Å². The predicted molar refractivity (Wildman–Crippen MR) is 82.7 cm³/mol. The van der Waals surface area contributed by atoms with Gasteiger partial charge in [-0.2, -0.15) is 0 Å². The Kier molecular flexibility index (Phi) is 8.44. The molecular weight excluding hydrogens is 260 g/mol. The van der Waals surface area contributed by atoms with Crippen LogP contribution in [0.1, 0.15) is 44.4 Å². The van der Waals surface area contributed by atoms with E-state index in [1.54, 1.807) is 0 Å². The Hall–Kier alpha value is -1.06. The van der Waals surface area contributed by atoms with Crippen LogP contribution in [0, 0.1) is 6.92 Å². The van der Waals surface area contributed by atoms with Crippen molar-refractivity contribution in [3.05, 3.63) is 35.4 Å². The minimum Gasteiger partial charge on any atom is -0.348 e. The average molecular weight is 285 g/mol. The molecule has 1 rings (SSSR count). The van der Waals surface area contributed by atoms with Gasteiger partial charge in [-0.15, -0.1) is 12.4 Å². The molecule has 0 aliphatic rings. The third kappa shape index (κ3) is 5.62. The van der Waals surface area contributed by atoms with Crippen molar-refractivity contribution < 1.29 is 4.79 Å². The van der Waals surface area contributed by atoms with Crippen molar-refractivity contribution in [2.75, 3.05) is 6.54 Å². The molecule has 3 nitrogen and oxygen atoms in total. The van der Waals surface area contributed by atoms with Gasteiger partial charge in [0.15, 0.2) is 0 Å². The van der Waals surface area contributed by atoms with E-state index in [1.165, 1.54) is 11.1 Å². The monoisotopic (exact) mass is 284 g/mol. The molecule has 108 valence electrons. The molecule has 2 N–H and O–H groups in total. The van der Waals surface area contributed by atoms with Gasteiger partial charge in [0, 0.05) is 0 Å². The second-order valence-corrected chi connectivity index (χ2v) is 4.76. The number of carbonyl (C=O) groups excluding carboxylic acids is 1. The Balaban J connectivity index is 0.00000324. The first-order valence-electron chi connectivity index (χ1n) is 6.65. The van der Waals surface area contributed by atoms with E-state index in [1.807, 2.05) is 26.0 Å². The Bertz CT molecular complexity index is 395. The second-order valence-electron chi connectivity index (χ2n) is 4.76. The third-order valence-corrected chi connectivity index (χ3v) is 3.11. The molecule has 1 amide bonds. The first-order chi connectivity index (χ1) is 8.56. The number of hydrogen-bond donors (Lipinski definition) is 2. The number of halogens is 1. The van der Waals surface area contributed by atoms with Crippen molar-refractivity contribution in [2.24, 2.45) is 0 Å². The number of aryl methyl sites for hydroxylation is 1. The smallest absolute Gasteiger partial charge is 0.237 e. The van der Waals surface area contributed by atoms with E-state index in [0.29, 0.717) is 0 Å². The van der Waals surface area contributed by atoms with Gasteiger partial charge in [0.05, 0.1) is 12.1 Å². The first-order valence-corrected chi connectivity index (χ1v) is 6.65. The fourth-order valence-electron chi connectivity index (χ4n) is 1.94. The highest BCUT2D eigenvalue weighted by atomic mass is 35.5. The molecule has 2 unspecified atom stereocenters. The van der Waals surface area contributed by atoms with E-state index in [-0.39, 0.29) is 30.4 Å². The molecule has 0 heterocycles. The summed E-state index contributed by atoms with van der Waals surface area (Å²) in [6, 6.07) is 8.05. The van der Waals surface area contributed by atoms with Crippen LogP contribution in [0.3, 0.4) is 0 Å². The maximum absolute atomic E-state index is 12.0. The molecule has 1 aromatic rings. The van der Waals surface area contributed by atoms with Gasteiger partial charge in [-0.3, -0.25) is 4.79 Å². The Morgan fingerprint density at radius 1 is 1.26 bits per heavy atom. The van der Waals surface area contributed by atoms with Crippen LogP contribution in [0.15, 0.2) is 24.3 Å². The van der Waals surface area contributed by atoms with Crippen molar-refractivity contribution in [2.45, 2.75) is 46.2 Å². The van der Waals surface area contributed by atoms with E-state index >= 15 is 0 Å². The zero-order valence-corrected chi connectivity index (χ0v) is 13.0. The largest absolute Gasteiger partial charge is 0.348 e. The van der Waals surface area contributed by atoms with Gasteiger partial charge in [0.25, 0.3) is 0 Å². The van der Waals surface area contributed by atoms with E-state index in [4.69, 9.17) is 0 Å². The molecule has 0 spiro atoms. The van der Waals surface area contributed by atoms with E-state index in [0.717, 1.165) is 13.0 Å². The average Bonchev–Trinajstić information content (AvgIpc) is 2.36. The summed E-state index contributed by atoms with van der Waals surface area (Å²) < 4.78 is 0. The first kappa shape index (κ1) is 17.9. The van der Waals surface area contributed by atoms with Gasteiger partial charge in [-0.05, 0) is 44.9 Å². The number of benzene rings is 1. The quantitative estimate of drug-likeness (QED) is 0.843. The highest BCUT2D eigenvalue weighted by molar-refractivity contribution is 5.85. The molecule has 0 aromatic heterocycles. The highest BCUT2D eigenvalue weighted by Gasteiger charge is 2.15. The molecule has 0 saturated carbocycles. The normalized spacial score (nSPS) is 13.3. The lowest BCUT2D eigenvalue weighted by Gasteiger charge is -2.20. The molecule has 0 bridgehead atoms. The van der Waals surface area contributed by atoms with Crippen LogP contribution >= 0.6 is 12.4 Å². The van der Waals surface area contributed by atoms with Crippen LogP contribution in [0.25, 0.3) is 0 Å². The summed E-state index contributed by atoms with van der Waals surface area (Å²) in [5, 5.41) is 6.24. The summed E-state index contributed by atoms with van der Waals surface area (Å²) in [6.45, 7) is 8.94. The van der Waals surface area contributed by atoms with Gasteiger partial charge >= 0.3 is 0 Å². The highest BCUT2D eigenvalue weighted by Crippen LogP contribution is 2.16. The lowest BCUT2D eigenvalue weighted by atomic mass is 10.0. The third-order valence-electron chi connectivity index (χ3n) is 3.11. The zero-order chi connectivity index (χ0) is 13.5.